The molecule has 0 saturated heterocycles. The van der Waals surface area contributed by atoms with Crippen molar-refractivity contribution in [3.05, 3.63) is 90.1 Å². The molecule has 0 spiro atoms. The van der Waals surface area contributed by atoms with Gasteiger partial charge in [-0.05, 0) is 23.8 Å². The number of hydrogen-bond donors (Lipinski definition) is 5. The molecule has 0 atom stereocenters. The number of carbonyl (C=O) groups excluding carboxylic acids is 3. The maximum absolute atomic E-state index is 13.1. The van der Waals surface area contributed by atoms with Gasteiger partial charge in [0.2, 0.25) is 5.88 Å². The van der Waals surface area contributed by atoms with Crippen molar-refractivity contribution in [2.24, 2.45) is 0 Å². The maximum Gasteiger partial charge on any atom is 0.270 e. The number of aromatic nitrogens is 1. The summed E-state index contributed by atoms with van der Waals surface area (Å²) in [5, 5.41) is 37.2. The van der Waals surface area contributed by atoms with Gasteiger partial charge in [0, 0.05) is 27.2 Å². The molecule has 3 aromatic rings. The summed E-state index contributed by atoms with van der Waals surface area (Å²) >= 11 is 18.3. The molecular formula is C23H21Cl3N4O7. The summed E-state index contributed by atoms with van der Waals surface area (Å²) in [4.78, 5) is 49.4. The van der Waals surface area contributed by atoms with Gasteiger partial charge < -0.3 is 36.9 Å². The Balaban J connectivity index is 0.00000481. The largest absolute Gasteiger partial charge is 0.548 e. The van der Waals surface area contributed by atoms with Gasteiger partial charge in [0.05, 0.1) is 19.1 Å². The van der Waals surface area contributed by atoms with Crippen molar-refractivity contribution in [1.82, 2.24) is 21.4 Å². The van der Waals surface area contributed by atoms with E-state index in [1.54, 1.807) is 18.2 Å². The van der Waals surface area contributed by atoms with Crippen LogP contribution in [0.4, 0.5) is 0 Å². The van der Waals surface area contributed by atoms with E-state index in [4.69, 9.17) is 34.8 Å². The zero-order chi connectivity index (χ0) is 26.6. The molecule has 0 radical (unpaired) electrons. The number of pyridine rings is 1. The summed E-state index contributed by atoms with van der Waals surface area (Å²) < 4.78 is 0.645. The lowest BCUT2D eigenvalue weighted by molar-refractivity contribution is -0.303. The number of nitrogens with one attached hydrogen (secondary N) is 2. The molecule has 0 bridgehead atoms. The molecule has 1 heterocycles. The quantitative estimate of drug-likeness (QED) is 0.272. The van der Waals surface area contributed by atoms with Crippen LogP contribution in [0.2, 0.25) is 15.1 Å². The number of aliphatic carboxylic acids is 1. The van der Waals surface area contributed by atoms with E-state index in [-0.39, 0.29) is 34.3 Å². The molecule has 0 saturated carbocycles. The van der Waals surface area contributed by atoms with Crippen LogP contribution in [0.5, 0.6) is 11.6 Å². The minimum atomic E-state index is -1.66. The van der Waals surface area contributed by atoms with Crippen molar-refractivity contribution in [2.45, 2.75) is 13.1 Å². The average molecular weight is 572 g/mol. The van der Waals surface area contributed by atoms with Crippen LogP contribution in [-0.4, -0.2) is 39.1 Å². The van der Waals surface area contributed by atoms with Gasteiger partial charge in [-0.1, -0.05) is 59.1 Å². The van der Waals surface area contributed by atoms with Crippen LogP contribution in [0.15, 0.2) is 47.3 Å². The maximum atomic E-state index is 13.1. The Bertz CT molecular complexity index is 1410. The first kappa shape index (κ1) is 29.5. The predicted octanol–water partition coefficient (Wildman–Crippen LogP) is 2.05. The van der Waals surface area contributed by atoms with Gasteiger partial charge in [-0.15, -0.1) is 0 Å². The number of carboxylic acid groups (broad SMARTS) is 1. The summed E-state index contributed by atoms with van der Waals surface area (Å²) in [7, 11) is 0. The smallest absolute Gasteiger partial charge is 0.270 e. The molecule has 2 amide bonds. The van der Waals surface area contributed by atoms with Crippen molar-refractivity contribution >= 4 is 52.6 Å². The molecule has 1 aromatic heterocycles. The molecule has 14 heteroatoms. The van der Waals surface area contributed by atoms with Crippen LogP contribution in [0, 0.1) is 0 Å². The number of carboxylic acids is 1. The van der Waals surface area contributed by atoms with Crippen molar-refractivity contribution in [3.63, 3.8) is 0 Å². The van der Waals surface area contributed by atoms with Crippen LogP contribution in [0.3, 0.4) is 0 Å². The highest BCUT2D eigenvalue weighted by Gasteiger charge is 2.30. The van der Waals surface area contributed by atoms with E-state index in [2.05, 4.69) is 5.32 Å². The number of rotatable bonds is 8. The molecule has 0 aliphatic carbocycles. The van der Waals surface area contributed by atoms with Gasteiger partial charge in [0.15, 0.2) is 5.75 Å². The minimum Gasteiger partial charge on any atom is -0.548 e. The highest BCUT2D eigenvalue weighted by molar-refractivity contribution is 6.36. The molecular weight excluding hydrogens is 551 g/mol. The van der Waals surface area contributed by atoms with Crippen molar-refractivity contribution in [2.75, 3.05) is 6.54 Å². The molecule has 0 aliphatic rings. The van der Waals surface area contributed by atoms with E-state index in [1.807, 2.05) is 5.32 Å². The SMILES string of the molecule is O=C([O-])CNC(=O)c1c(O)c(C(=O)NCc2c(Cl)cccc2Cl)c(O)n(Cc2ccccc2Cl)c1=O.[NH4+]. The number of benzene rings is 2. The third kappa shape index (κ3) is 6.52. The zero-order valence-electron chi connectivity index (χ0n) is 19.2. The first-order valence-electron chi connectivity index (χ1n) is 10.1. The third-order valence-corrected chi connectivity index (χ3v) is 6.11. The number of aromatic hydroxyl groups is 2. The summed E-state index contributed by atoms with van der Waals surface area (Å²) in [6.07, 6.45) is 0. The van der Waals surface area contributed by atoms with E-state index in [0.717, 1.165) is 0 Å². The van der Waals surface area contributed by atoms with Gasteiger partial charge in [-0.2, -0.15) is 0 Å². The lowest BCUT2D eigenvalue weighted by Crippen LogP contribution is -2.41. The molecule has 0 fully saturated rings. The minimum absolute atomic E-state index is 0. The fraction of sp³-hybridized carbons (Fsp3) is 0.130. The summed E-state index contributed by atoms with van der Waals surface area (Å²) in [5.41, 5.74) is -2.31. The van der Waals surface area contributed by atoms with Crippen molar-refractivity contribution in [1.29, 1.82) is 0 Å². The molecule has 3 rings (SSSR count). The molecule has 37 heavy (non-hydrogen) atoms. The van der Waals surface area contributed by atoms with Gasteiger partial charge in [-0.3, -0.25) is 19.0 Å². The molecule has 196 valence electrons. The van der Waals surface area contributed by atoms with Crippen LogP contribution in [0.25, 0.3) is 0 Å². The molecule has 0 aliphatic heterocycles. The van der Waals surface area contributed by atoms with Gasteiger partial charge in [0.25, 0.3) is 17.4 Å². The second-order valence-corrected chi connectivity index (χ2v) is 8.56. The van der Waals surface area contributed by atoms with Gasteiger partial charge in [0.1, 0.15) is 11.1 Å². The van der Waals surface area contributed by atoms with Gasteiger partial charge in [-0.25, -0.2) is 0 Å². The summed E-state index contributed by atoms with van der Waals surface area (Å²) in [6.45, 7) is -1.59. The number of quaternary nitrogens is 1. The highest BCUT2D eigenvalue weighted by atomic mass is 35.5. The standard InChI is InChI=1S/C23H18Cl3N3O7.H3N/c24-13-5-2-1-4-11(13)10-29-22(35)17(19(32)18(23(29)36)21(34)28-9-16(30)31)20(33)27-8-12-14(25)6-3-7-15(12)26;/h1-7,32,35H,8-10H2,(H,27,33)(H,28,34)(H,30,31);1H3. The Morgan fingerprint density at radius 3 is 2.03 bits per heavy atom. The number of hydrogen-bond acceptors (Lipinski definition) is 7. The number of nitrogens with zero attached hydrogens (tertiary/aromatic N) is 1. The fourth-order valence-electron chi connectivity index (χ4n) is 3.25. The topological polar surface area (TPSA) is 197 Å². The predicted molar refractivity (Wildman–Crippen MR) is 136 cm³/mol. The van der Waals surface area contributed by atoms with E-state index >= 15 is 0 Å². The highest BCUT2D eigenvalue weighted by Crippen LogP contribution is 2.30. The Morgan fingerprint density at radius 1 is 0.865 bits per heavy atom. The zero-order valence-corrected chi connectivity index (χ0v) is 21.4. The number of halogens is 3. The van der Waals surface area contributed by atoms with E-state index in [1.165, 1.54) is 24.3 Å². The normalized spacial score (nSPS) is 10.4. The van der Waals surface area contributed by atoms with E-state index < -0.39 is 52.6 Å². The van der Waals surface area contributed by atoms with E-state index in [0.29, 0.717) is 15.7 Å². The molecule has 0 unspecified atom stereocenters. The van der Waals surface area contributed by atoms with Crippen LogP contribution in [-0.2, 0) is 17.9 Å². The number of amides is 2. The molecule has 8 N–H and O–H groups in total. The molecule has 2 aromatic carbocycles. The second-order valence-electron chi connectivity index (χ2n) is 7.34. The van der Waals surface area contributed by atoms with Crippen LogP contribution >= 0.6 is 34.8 Å². The van der Waals surface area contributed by atoms with E-state index in [9.17, 15) is 34.5 Å². The second kappa shape index (κ2) is 12.5. The average Bonchev–Trinajstić information content (AvgIpc) is 2.81. The fourth-order valence-corrected chi connectivity index (χ4v) is 3.98. The Hall–Kier alpha value is -3.77. The molecule has 11 nitrogen and oxygen atoms in total. The third-order valence-electron chi connectivity index (χ3n) is 5.03. The Morgan fingerprint density at radius 2 is 1.43 bits per heavy atom. The first-order chi connectivity index (χ1) is 17.0. The summed E-state index contributed by atoms with van der Waals surface area (Å²) in [6, 6.07) is 11.0. The van der Waals surface area contributed by atoms with Crippen molar-refractivity contribution < 1.29 is 29.7 Å². The first-order valence-corrected chi connectivity index (χ1v) is 11.3. The van der Waals surface area contributed by atoms with Gasteiger partial charge >= 0.3 is 0 Å². The Labute approximate surface area is 224 Å². The lowest BCUT2D eigenvalue weighted by atomic mass is 10.1. The number of carbonyl (C=O) groups is 3. The lowest BCUT2D eigenvalue weighted by Gasteiger charge is -2.18. The van der Waals surface area contributed by atoms with Crippen LogP contribution in [0.1, 0.15) is 31.8 Å². The summed E-state index contributed by atoms with van der Waals surface area (Å²) in [5.74, 6) is -6.17. The van der Waals surface area contributed by atoms with Crippen LogP contribution < -0.4 is 27.4 Å². The Kier molecular flexibility index (Phi) is 9.92. The van der Waals surface area contributed by atoms with Crippen molar-refractivity contribution in [3.8, 4) is 11.6 Å². The monoisotopic (exact) mass is 570 g/mol.